The molecule has 6 nitrogen and oxygen atoms in total. The third-order valence-electron chi connectivity index (χ3n) is 5.15. The van der Waals surface area contributed by atoms with Crippen molar-refractivity contribution in [1.29, 1.82) is 0 Å². The summed E-state index contributed by atoms with van der Waals surface area (Å²) >= 11 is 0. The van der Waals surface area contributed by atoms with Crippen LogP contribution < -0.4 is 0 Å². The average molecular weight is 423 g/mol. The highest BCUT2D eigenvalue weighted by Crippen LogP contribution is 2.46. The van der Waals surface area contributed by atoms with Crippen molar-refractivity contribution in [3.63, 3.8) is 0 Å². The molecule has 0 amide bonds. The van der Waals surface area contributed by atoms with Crippen LogP contribution in [0.15, 0.2) is 0 Å². The first-order valence-corrected chi connectivity index (χ1v) is 8.10. The van der Waals surface area contributed by atoms with Gasteiger partial charge < -0.3 is 14.2 Å². The van der Waals surface area contributed by atoms with Gasteiger partial charge in [-0.3, -0.25) is 14.4 Å². The molecular weight excluding hydrogens is 372 g/mol. The molecule has 0 N–H and O–H groups in total. The van der Waals surface area contributed by atoms with Gasteiger partial charge in [0.05, 0.1) is 24.5 Å². The lowest BCUT2D eigenvalue weighted by Gasteiger charge is -2.35. The highest BCUT2D eigenvalue weighted by atomic mass is 16.6. The lowest BCUT2D eigenvalue weighted by atomic mass is 9.72. The fourth-order valence-corrected chi connectivity index (χ4v) is 3.50. The lowest BCUT2D eigenvalue weighted by molar-refractivity contribution is -0.159. The number of hydrogen-bond donors (Lipinski definition) is 0. The molecule has 2 fully saturated rings. The predicted molar refractivity (Wildman–Crippen MR) is 122 cm³/mol. The number of ether oxygens (including phenoxy) is 3. The van der Waals surface area contributed by atoms with Crippen LogP contribution in [0.2, 0.25) is 0 Å². The first kappa shape index (κ1) is 38.1. The minimum Gasteiger partial charge on any atom is -0.469 e. The smallest absolute Gasteiger partial charge is 0.312 e. The van der Waals surface area contributed by atoms with Gasteiger partial charge in [-0.15, -0.1) is 0 Å². The maximum atomic E-state index is 12.0. The van der Waals surface area contributed by atoms with Crippen LogP contribution in [0.4, 0.5) is 0 Å². The number of carbonyl (C=O) groups is 3. The molecule has 178 valence electrons. The van der Waals surface area contributed by atoms with Gasteiger partial charge in [-0.2, -0.15) is 0 Å². The maximum absolute atomic E-state index is 12.0. The van der Waals surface area contributed by atoms with Gasteiger partial charge in [0, 0.05) is 12.8 Å². The number of carbonyl (C=O) groups excluding carboxylic acids is 3. The number of esters is 3. The second-order valence-electron chi connectivity index (χ2n) is 7.66. The molecule has 2 unspecified atom stereocenters. The van der Waals surface area contributed by atoms with E-state index in [0.717, 1.165) is 0 Å². The molecule has 0 aliphatic carbocycles. The molecule has 2 aliphatic rings. The topological polar surface area (TPSA) is 78.9 Å². The van der Waals surface area contributed by atoms with Gasteiger partial charge in [0.1, 0.15) is 5.60 Å². The Labute approximate surface area is 181 Å². The molecule has 0 spiro atoms. The van der Waals surface area contributed by atoms with Crippen LogP contribution in [0.3, 0.4) is 0 Å². The van der Waals surface area contributed by atoms with E-state index in [-0.39, 0.29) is 62.5 Å². The molecule has 29 heavy (non-hydrogen) atoms. The molecule has 2 heterocycles. The van der Waals surface area contributed by atoms with E-state index in [4.69, 9.17) is 14.2 Å². The number of hydrogen-bond acceptors (Lipinski definition) is 6. The highest BCUT2D eigenvalue weighted by Gasteiger charge is 2.51. The van der Waals surface area contributed by atoms with E-state index in [1.165, 1.54) is 7.11 Å². The minimum absolute atomic E-state index is 0. The van der Waals surface area contributed by atoms with Crippen LogP contribution in [-0.2, 0) is 28.6 Å². The van der Waals surface area contributed by atoms with Crippen LogP contribution in [0, 0.1) is 10.8 Å². The maximum Gasteiger partial charge on any atom is 0.312 e. The second-order valence-corrected chi connectivity index (χ2v) is 7.66. The zero-order valence-corrected chi connectivity index (χ0v) is 14.4. The van der Waals surface area contributed by atoms with Gasteiger partial charge in [0.15, 0.2) is 0 Å². The second kappa shape index (κ2) is 13.6. The van der Waals surface area contributed by atoms with Gasteiger partial charge in [0.2, 0.25) is 0 Å². The quantitative estimate of drug-likeness (QED) is 0.374. The molecule has 0 bridgehead atoms. The molecular formula is C23H50O6. The summed E-state index contributed by atoms with van der Waals surface area (Å²) in [5.74, 6) is -0.758. The van der Waals surface area contributed by atoms with E-state index in [2.05, 4.69) is 0 Å². The Balaban J connectivity index is -0.000000320. The molecule has 0 aromatic carbocycles. The van der Waals surface area contributed by atoms with Crippen molar-refractivity contribution >= 4 is 17.9 Å². The molecule has 2 saturated heterocycles. The zero-order chi connectivity index (χ0) is 17.3. The summed E-state index contributed by atoms with van der Waals surface area (Å²) in [5.41, 5.74) is -1.98. The predicted octanol–water partition coefficient (Wildman–Crippen LogP) is 6.20. The molecule has 0 radical (unpaired) electrons. The van der Waals surface area contributed by atoms with Crippen LogP contribution in [0.25, 0.3) is 0 Å². The lowest BCUT2D eigenvalue weighted by Crippen LogP contribution is -2.40. The Hall–Kier alpha value is -1.59. The molecule has 2 atom stereocenters. The van der Waals surface area contributed by atoms with E-state index < -0.39 is 16.4 Å². The van der Waals surface area contributed by atoms with Crippen LogP contribution in [0.5, 0.6) is 0 Å². The SMILES string of the molecule is C.C.C.C.C.C.COC(=O)C(C)(C)CCC1(CC2(C)CCOC2=O)CCC(=O)O1. The van der Waals surface area contributed by atoms with Crippen LogP contribution in [0.1, 0.15) is 104 Å². The van der Waals surface area contributed by atoms with Gasteiger partial charge in [-0.1, -0.05) is 44.6 Å². The zero-order valence-electron chi connectivity index (χ0n) is 14.4. The Morgan fingerprint density at radius 3 is 2.00 bits per heavy atom. The summed E-state index contributed by atoms with van der Waals surface area (Å²) in [6.07, 6.45) is 3.06. The molecule has 6 heteroatoms. The van der Waals surface area contributed by atoms with Crippen molar-refractivity contribution in [3.05, 3.63) is 0 Å². The fraction of sp³-hybridized carbons (Fsp3) is 0.870. The number of cyclic esters (lactones) is 2. The third kappa shape index (κ3) is 8.35. The summed E-state index contributed by atoms with van der Waals surface area (Å²) in [5, 5.41) is 0. The van der Waals surface area contributed by atoms with Crippen molar-refractivity contribution in [2.45, 2.75) is 109 Å². The third-order valence-corrected chi connectivity index (χ3v) is 5.15. The van der Waals surface area contributed by atoms with E-state index in [0.29, 0.717) is 45.1 Å². The molecule has 0 saturated carbocycles. The van der Waals surface area contributed by atoms with E-state index >= 15 is 0 Å². The Bertz CT molecular complexity index is 513. The summed E-state index contributed by atoms with van der Waals surface area (Å²) in [6.45, 7) is 5.90. The first-order valence-electron chi connectivity index (χ1n) is 8.10. The highest BCUT2D eigenvalue weighted by molar-refractivity contribution is 5.79. The van der Waals surface area contributed by atoms with Crippen molar-refractivity contribution in [1.82, 2.24) is 0 Å². The van der Waals surface area contributed by atoms with Gasteiger partial charge in [0.25, 0.3) is 0 Å². The summed E-state index contributed by atoms with van der Waals surface area (Å²) in [6, 6.07) is 0. The van der Waals surface area contributed by atoms with Gasteiger partial charge >= 0.3 is 17.9 Å². The summed E-state index contributed by atoms with van der Waals surface area (Å²) < 4.78 is 15.6. The van der Waals surface area contributed by atoms with Crippen molar-refractivity contribution < 1.29 is 28.6 Å². The summed E-state index contributed by atoms with van der Waals surface area (Å²) in [4.78, 5) is 35.6. The first-order chi connectivity index (χ1) is 10.6. The monoisotopic (exact) mass is 422 g/mol. The molecule has 2 rings (SSSR count). The molecule has 0 aromatic heterocycles. The standard InChI is InChI=1S/C17H26O6.6CH4/c1-15(2,13(19)21-4)7-8-17(6-5-12(18)23-17)11-16(3)9-10-22-14(16)20;;;;;;/h5-11H2,1-4H3;6*1H4. The van der Waals surface area contributed by atoms with E-state index in [9.17, 15) is 14.4 Å². The number of methoxy groups -OCH3 is 1. The Kier molecular flexibility index (Phi) is 17.9. The average Bonchev–Trinajstić information content (AvgIpc) is 3.00. The fourth-order valence-electron chi connectivity index (χ4n) is 3.50. The van der Waals surface area contributed by atoms with Crippen molar-refractivity contribution in [2.24, 2.45) is 10.8 Å². The molecule has 0 aromatic rings. The van der Waals surface area contributed by atoms with Gasteiger partial charge in [-0.05, 0) is 46.5 Å². The van der Waals surface area contributed by atoms with Crippen LogP contribution >= 0.6 is 0 Å². The van der Waals surface area contributed by atoms with E-state index in [1.807, 2.05) is 20.8 Å². The Morgan fingerprint density at radius 1 is 1.07 bits per heavy atom. The van der Waals surface area contributed by atoms with Crippen LogP contribution in [-0.4, -0.2) is 37.2 Å². The normalized spacial score (nSPS) is 24.6. The summed E-state index contributed by atoms with van der Waals surface area (Å²) in [7, 11) is 1.37. The van der Waals surface area contributed by atoms with Crippen molar-refractivity contribution in [2.75, 3.05) is 13.7 Å². The van der Waals surface area contributed by atoms with E-state index in [1.54, 1.807) is 0 Å². The van der Waals surface area contributed by atoms with Gasteiger partial charge in [-0.25, -0.2) is 0 Å². The number of rotatable bonds is 6. The van der Waals surface area contributed by atoms with Crippen molar-refractivity contribution in [3.8, 4) is 0 Å². The minimum atomic E-state index is -0.694. The molecule has 2 aliphatic heterocycles. The Morgan fingerprint density at radius 2 is 1.62 bits per heavy atom. The largest absolute Gasteiger partial charge is 0.469 e.